The molecular formula is C23H28ClN5. The monoisotopic (exact) mass is 409 g/mol. The Balaban J connectivity index is 1.35. The third-order valence-electron chi connectivity index (χ3n) is 6.46. The molecule has 2 aliphatic rings. The Bertz CT molecular complexity index is 978. The van der Waals surface area contributed by atoms with Crippen LogP contribution < -0.4 is 5.32 Å². The van der Waals surface area contributed by atoms with Gasteiger partial charge < -0.3 is 15.2 Å². The first-order chi connectivity index (χ1) is 14.3. The van der Waals surface area contributed by atoms with E-state index in [2.05, 4.69) is 37.3 Å². The van der Waals surface area contributed by atoms with Crippen LogP contribution in [-0.4, -0.2) is 45.0 Å². The first kappa shape index (κ1) is 18.9. The van der Waals surface area contributed by atoms with Crippen LogP contribution in [0.15, 0.2) is 36.7 Å². The zero-order valence-electron chi connectivity index (χ0n) is 16.7. The summed E-state index contributed by atoms with van der Waals surface area (Å²) in [6, 6.07) is 9.26. The number of rotatable bonds is 4. The second-order valence-electron chi connectivity index (χ2n) is 8.42. The minimum absolute atomic E-state index is 0.458. The lowest BCUT2D eigenvalue weighted by molar-refractivity contribution is 0.126. The largest absolute Gasteiger partial charge is 0.367 e. The van der Waals surface area contributed by atoms with Crippen molar-refractivity contribution in [1.82, 2.24) is 19.9 Å². The van der Waals surface area contributed by atoms with Crippen LogP contribution in [0.25, 0.3) is 22.2 Å². The summed E-state index contributed by atoms with van der Waals surface area (Å²) < 4.78 is 0. The van der Waals surface area contributed by atoms with Crippen LogP contribution in [0.4, 0.5) is 5.82 Å². The summed E-state index contributed by atoms with van der Waals surface area (Å²) in [5, 5.41) is 5.31. The summed E-state index contributed by atoms with van der Waals surface area (Å²) in [4.78, 5) is 14.9. The van der Waals surface area contributed by atoms with Gasteiger partial charge in [-0.25, -0.2) is 9.97 Å². The van der Waals surface area contributed by atoms with E-state index in [1.807, 2.05) is 18.3 Å². The third-order valence-corrected chi connectivity index (χ3v) is 6.66. The molecule has 5 nitrogen and oxygen atoms in total. The second-order valence-corrected chi connectivity index (χ2v) is 8.81. The number of likely N-dealkylation sites (tertiary alicyclic amines) is 1. The maximum Gasteiger partial charge on any atom is 0.137 e. The lowest BCUT2D eigenvalue weighted by Gasteiger charge is -2.39. The average molecular weight is 410 g/mol. The van der Waals surface area contributed by atoms with Crippen LogP contribution >= 0.6 is 11.6 Å². The first-order valence-corrected chi connectivity index (χ1v) is 11.2. The van der Waals surface area contributed by atoms with Crippen molar-refractivity contribution in [3.05, 3.63) is 41.8 Å². The molecule has 1 aliphatic carbocycles. The Morgan fingerprint density at radius 1 is 1.10 bits per heavy atom. The van der Waals surface area contributed by atoms with Crippen molar-refractivity contribution in [2.75, 3.05) is 18.4 Å². The van der Waals surface area contributed by atoms with Crippen LogP contribution in [0.2, 0.25) is 5.15 Å². The van der Waals surface area contributed by atoms with Crippen LogP contribution in [-0.2, 0) is 0 Å². The van der Waals surface area contributed by atoms with E-state index in [1.54, 1.807) is 6.20 Å². The molecule has 4 heterocycles. The van der Waals surface area contributed by atoms with E-state index in [4.69, 9.17) is 11.6 Å². The quantitative estimate of drug-likeness (QED) is 0.559. The number of pyridine rings is 2. The summed E-state index contributed by atoms with van der Waals surface area (Å²) in [5.74, 6) is 0.870. The Morgan fingerprint density at radius 3 is 2.90 bits per heavy atom. The highest BCUT2D eigenvalue weighted by atomic mass is 35.5. The summed E-state index contributed by atoms with van der Waals surface area (Å²) >= 11 is 6.40. The molecule has 6 heteroatoms. The third kappa shape index (κ3) is 4.12. The van der Waals surface area contributed by atoms with Crippen molar-refractivity contribution in [2.45, 2.75) is 57.0 Å². The molecule has 152 valence electrons. The van der Waals surface area contributed by atoms with Crippen LogP contribution in [0.1, 0.15) is 44.9 Å². The molecule has 0 spiro atoms. The Kier molecular flexibility index (Phi) is 5.42. The van der Waals surface area contributed by atoms with Crippen LogP contribution in [0, 0.1) is 0 Å². The molecule has 1 saturated heterocycles. The van der Waals surface area contributed by atoms with E-state index in [1.165, 1.54) is 58.0 Å². The standard InChI is InChI=1S/C23H28ClN5/c24-21-12-16(20-15-26-23-19(20)8-5-9-25-23)13-22(28-21)27-17-6-4-7-18(14-17)29-10-2-1-3-11-29/h5,8-9,12-13,15,17-18H,1-4,6-7,10-11,14H2,(H,25,26)(H,27,28). The molecule has 0 aromatic carbocycles. The normalized spacial score (nSPS) is 23.3. The van der Waals surface area contributed by atoms with Gasteiger partial charge in [0.05, 0.1) is 0 Å². The molecule has 0 amide bonds. The van der Waals surface area contributed by atoms with Gasteiger partial charge in [-0.15, -0.1) is 0 Å². The van der Waals surface area contributed by atoms with Crippen molar-refractivity contribution < 1.29 is 0 Å². The van der Waals surface area contributed by atoms with Crippen LogP contribution in [0.3, 0.4) is 0 Å². The van der Waals surface area contributed by atoms with E-state index in [0.29, 0.717) is 17.2 Å². The number of nitrogens with zero attached hydrogens (tertiary/aromatic N) is 3. The molecule has 0 bridgehead atoms. The van der Waals surface area contributed by atoms with Gasteiger partial charge in [-0.3, -0.25) is 0 Å². The predicted molar refractivity (Wildman–Crippen MR) is 119 cm³/mol. The minimum Gasteiger partial charge on any atom is -0.367 e. The zero-order chi connectivity index (χ0) is 19.6. The van der Waals surface area contributed by atoms with Crippen molar-refractivity contribution in [1.29, 1.82) is 0 Å². The fourth-order valence-electron chi connectivity index (χ4n) is 5.04. The number of fused-ring (bicyclic) bond motifs is 1. The number of H-pyrrole nitrogens is 1. The number of aromatic nitrogens is 3. The van der Waals surface area contributed by atoms with E-state index in [-0.39, 0.29) is 0 Å². The molecule has 2 unspecified atom stereocenters. The van der Waals surface area contributed by atoms with E-state index in [9.17, 15) is 0 Å². The summed E-state index contributed by atoms with van der Waals surface area (Å²) in [6.07, 6.45) is 12.9. The lowest BCUT2D eigenvalue weighted by atomic mass is 9.89. The Labute approximate surface area is 176 Å². The SMILES string of the molecule is Clc1cc(-c2c[nH]c3ncccc23)cc(NC2CCCC(N3CCCCC3)C2)n1. The molecule has 1 saturated carbocycles. The molecule has 3 aromatic rings. The van der Waals surface area contributed by atoms with E-state index >= 15 is 0 Å². The Morgan fingerprint density at radius 2 is 2.00 bits per heavy atom. The van der Waals surface area contributed by atoms with Gasteiger partial charge in [0.25, 0.3) is 0 Å². The van der Waals surface area contributed by atoms with Crippen LogP contribution in [0.5, 0.6) is 0 Å². The highest BCUT2D eigenvalue weighted by molar-refractivity contribution is 6.29. The minimum atomic E-state index is 0.458. The number of nitrogens with one attached hydrogen (secondary N) is 2. The molecule has 2 N–H and O–H groups in total. The molecule has 5 rings (SSSR count). The molecule has 0 radical (unpaired) electrons. The van der Waals surface area contributed by atoms with Crippen molar-refractivity contribution >= 4 is 28.5 Å². The zero-order valence-corrected chi connectivity index (χ0v) is 17.5. The van der Waals surface area contributed by atoms with Crippen molar-refractivity contribution in [2.24, 2.45) is 0 Å². The maximum atomic E-state index is 6.40. The van der Waals surface area contributed by atoms with Gasteiger partial charge in [-0.1, -0.05) is 18.0 Å². The molecule has 3 aromatic heterocycles. The number of hydrogen-bond acceptors (Lipinski definition) is 4. The van der Waals surface area contributed by atoms with Gasteiger partial charge >= 0.3 is 0 Å². The summed E-state index contributed by atoms with van der Waals surface area (Å²) in [5.41, 5.74) is 3.06. The van der Waals surface area contributed by atoms with E-state index in [0.717, 1.165) is 28.0 Å². The molecule has 2 fully saturated rings. The fraction of sp³-hybridized carbons (Fsp3) is 0.478. The van der Waals surface area contributed by atoms with Gasteiger partial charge in [0.2, 0.25) is 0 Å². The van der Waals surface area contributed by atoms with Crippen molar-refractivity contribution in [3.63, 3.8) is 0 Å². The number of hydrogen-bond donors (Lipinski definition) is 2. The van der Waals surface area contributed by atoms with Gasteiger partial charge in [0.1, 0.15) is 16.6 Å². The highest BCUT2D eigenvalue weighted by Gasteiger charge is 2.27. The van der Waals surface area contributed by atoms with Gasteiger partial charge in [-0.2, -0.15) is 0 Å². The number of anilines is 1. The second kappa shape index (κ2) is 8.33. The van der Waals surface area contributed by atoms with Gasteiger partial charge in [0, 0.05) is 35.4 Å². The highest BCUT2D eigenvalue weighted by Crippen LogP contribution is 2.32. The van der Waals surface area contributed by atoms with E-state index < -0.39 is 0 Å². The Hall–Kier alpha value is -2.11. The maximum absolute atomic E-state index is 6.40. The summed E-state index contributed by atoms with van der Waals surface area (Å²) in [6.45, 7) is 2.54. The topological polar surface area (TPSA) is 56.8 Å². The first-order valence-electron chi connectivity index (χ1n) is 10.9. The number of halogens is 1. The molecule has 1 aliphatic heterocycles. The summed E-state index contributed by atoms with van der Waals surface area (Å²) in [7, 11) is 0. The number of piperidine rings is 1. The average Bonchev–Trinajstić information content (AvgIpc) is 3.18. The molecular weight excluding hydrogens is 382 g/mol. The fourth-order valence-corrected chi connectivity index (χ4v) is 5.25. The molecule has 2 atom stereocenters. The lowest BCUT2D eigenvalue weighted by Crippen LogP contribution is -2.44. The van der Waals surface area contributed by atoms with Gasteiger partial charge in [0.15, 0.2) is 0 Å². The van der Waals surface area contributed by atoms with Crippen molar-refractivity contribution in [3.8, 4) is 11.1 Å². The molecule has 29 heavy (non-hydrogen) atoms. The number of aromatic amines is 1. The predicted octanol–water partition coefficient (Wildman–Crippen LogP) is 5.49. The van der Waals surface area contributed by atoms with Gasteiger partial charge in [-0.05, 0) is 81.4 Å². The smallest absolute Gasteiger partial charge is 0.137 e.